The van der Waals surface area contributed by atoms with Gasteiger partial charge in [0.15, 0.2) is 0 Å². The van der Waals surface area contributed by atoms with Crippen molar-refractivity contribution < 1.29 is 9.53 Å². The molecular formula is C16H30O2. The van der Waals surface area contributed by atoms with Crippen molar-refractivity contribution in [3.05, 3.63) is 0 Å². The molecule has 0 aromatic heterocycles. The van der Waals surface area contributed by atoms with Crippen LogP contribution in [0.2, 0.25) is 0 Å². The van der Waals surface area contributed by atoms with Gasteiger partial charge in [0.05, 0.1) is 0 Å². The first-order valence-electron chi connectivity index (χ1n) is 8.02. The SMILES string of the molecule is CCCCCCCCCC[C@H]1CCCCC(=O)O1. The number of hydrogen-bond acceptors (Lipinski definition) is 2. The number of cyclic esters (lactones) is 1. The summed E-state index contributed by atoms with van der Waals surface area (Å²) in [5.74, 6) is 0.0251. The molecule has 0 N–H and O–H groups in total. The van der Waals surface area contributed by atoms with E-state index in [-0.39, 0.29) is 12.1 Å². The fourth-order valence-electron chi connectivity index (χ4n) is 2.65. The predicted molar refractivity (Wildman–Crippen MR) is 75.6 cm³/mol. The second kappa shape index (κ2) is 10.4. The molecule has 1 rings (SSSR count). The third-order valence-corrected chi connectivity index (χ3v) is 3.83. The Labute approximate surface area is 112 Å². The molecule has 2 nitrogen and oxygen atoms in total. The van der Waals surface area contributed by atoms with E-state index in [9.17, 15) is 4.79 Å². The maximum absolute atomic E-state index is 11.3. The Hall–Kier alpha value is -0.530. The molecule has 1 fully saturated rings. The number of esters is 1. The van der Waals surface area contributed by atoms with Crippen molar-refractivity contribution >= 4 is 5.97 Å². The highest BCUT2D eigenvalue weighted by atomic mass is 16.5. The van der Waals surface area contributed by atoms with Crippen LogP contribution in [0.3, 0.4) is 0 Å². The molecule has 0 amide bonds. The lowest BCUT2D eigenvalue weighted by molar-refractivity contribution is -0.148. The summed E-state index contributed by atoms with van der Waals surface area (Å²) >= 11 is 0. The van der Waals surface area contributed by atoms with E-state index in [4.69, 9.17) is 4.74 Å². The predicted octanol–water partition coefficient (Wildman–Crippen LogP) is 5.00. The van der Waals surface area contributed by atoms with Crippen LogP contribution in [0.5, 0.6) is 0 Å². The molecule has 1 aliphatic rings. The first-order valence-corrected chi connectivity index (χ1v) is 8.02. The minimum Gasteiger partial charge on any atom is -0.462 e. The normalized spacial score (nSPS) is 20.5. The van der Waals surface area contributed by atoms with E-state index in [1.165, 1.54) is 51.4 Å². The third-order valence-electron chi connectivity index (χ3n) is 3.83. The summed E-state index contributed by atoms with van der Waals surface area (Å²) in [6.45, 7) is 2.26. The molecule has 2 heteroatoms. The monoisotopic (exact) mass is 254 g/mol. The van der Waals surface area contributed by atoms with Gasteiger partial charge in [0.1, 0.15) is 6.10 Å². The molecule has 0 aromatic rings. The van der Waals surface area contributed by atoms with E-state index in [1.54, 1.807) is 0 Å². The van der Waals surface area contributed by atoms with Gasteiger partial charge in [-0.25, -0.2) is 0 Å². The molecule has 0 bridgehead atoms. The Morgan fingerprint density at radius 3 is 2.39 bits per heavy atom. The van der Waals surface area contributed by atoms with Gasteiger partial charge in [0, 0.05) is 6.42 Å². The fraction of sp³-hybridized carbons (Fsp3) is 0.938. The first kappa shape index (κ1) is 15.5. The Bertz CT molecular complexity index is 213. The summed E-state index contributed by atoms with van der Waals surface area (Å²) in [6.07, 6.45) is 16.0. The van der Waals surface area contributed by atoms with E-state index in [0.29, 0.717) is 6.42 Å². The molecule has 1 aliphatic heterocycles. The van der Waals surface area contributed by atoms with Gasteiger partial charge in [0.2, 0.25) is 0 Å². The summed E-state index contributed by atoms with van der Waals surface area (Å²) in [7, 11) is 0. The summed E-state index contributed by atoms with van der Waals surface area (Å²) in [5, 5.41) is 0. The van der Waals surface area contributed by atoms with Crippen LogP contribution in [0, 0.1) is 0 Å². The topological polar surface area (TPSA) is 26.3 Å². The van der Waals surface area contributed by atoms with Gasteiger partial charge < -0.3 is 4.74 Å². The van der Waals surface area contributed by atoms with E-state index in [2.05, 4.69) is 6.92 Å². The molecule has 0 saturated carbocycles. The van der Waals surface area contributed by atoms with Crippen molar-refractivity contribution in [3.8, 4) is 0 Å². The van der Waals surface area contributed by atoms with Crippen molar-refractivity contribution in [2.24, 2.45) is 0 Å². The molecule has 1 atom stereocenters. The van der Waals surface area contributed by atoms with Crippen molar-refractivity contribution in [2.75, 3.05) is 0 Å². The minimum absolute atomic E-state index is 0.0251. The fourth-order valence-corrected chi connectivity index (χ4v) is 2.65. The van der Waals surface area contributed by atoms with Crippen LogP contribution in [0.1, 0.15) is 90.4 Å². The summed E-state index contributed by atoms with van der Waals surface area (Å²) in [6, 6.07) is 0. The lowest BCUT2D eigenvalue weighted by Crippen LogP contribution is -2.15. The second-order valence-electron chi connectivity index (χ2n) is 5.62. The smallest absolute Gasteiger partial charge is 0.306 e. The Kier molecular flexibility index (Phi) is 8.97. The number of unbranched alkanes of at least 4 members (excludes halogenated alkanes) is 7. The largest absolute Gasteiger partial charge is 0.462 e. The van der Waals surface area contributed by atoms with Crippen LogP contribution in [-0.2, 0) is 9.53 Å². The number of rotatable bonds is 9. The molecule has 106 valence electrons. The van der Waals surface area contributed by atoms with Crippen LogP contribution in [0.15, 0.2) is 0 Å². The summed E-state index contributed by atoms with van der Waals surface area (Å²) in [4.78, 5) is 11.3. The van der Waals surface area contributed by atoms with E-state index in [1.807, 2.05) is 0 Å². The van der Waals surface area contributed by atoms with Crippen LogP contribution < -0.4 is 0 Å². The summed E-state index contributed by atoms with van der Waals surface area (Å²) in [5.41, 5.74) is 0. The average molecular weight is 254 g/mol. The highest BCUT2D eigenvalue weighted by Gasteiger charge is 2.17. The number of carbonyl (C=O) groups is 1. The minimum atomic E-state index is 0.0251. The lowest BCUT2D eigenvalue weighted by atomic mass is 10.0. The van der Waals surface area contributed by atoms with Crippen LogP contribution in [-0.4, -0.2) is 12.1 Å². The standard InChI is InChI=1S/C16H30O2/c1-2-3-4-5-6-7-8-9-12-15-13-10-11-14-16(17)18-15/h15H,2-14H2,1H3/t15-/m0/s1. The van der Waals surface area contributed by atoms with E-state index in [0.717, 1.165) is 25.7 Å². The Morgan fingerprint density at radius 2 is 1.67 bits per heavy atom. The molecule has 0 radical (unpaired) electrons. The second-order valence-corrected chi connectivity index (χ2v) is 5.62. The zero-order chi connectivity index (χ0) is 13.1. The van der Waals surface area contributed by atoms with Gasteiger partial charge in [-0.05, 0) is 32.1 Å². The first-order chi connectivity index (χ1) is 8.83. The Morgan fingerprint density at radius 1 is 1.00 bits per heavy atom. The average Bonchev–Trinajstić information content (AvgIpc) is 2.57. The van der Waals surface area contributed by atoms with Gasteiger partial charge in [-0.2, -0.15) is 0 Å². The maximum Gasteiger partial charge on any atom is 0.306 e. The Balaban J connectivity index is 1.92. The van der Waals surface area contributed by atoms with Gasteiger partial charge >= 0.3 is 5.97 Å². The van der Waals surface area contributed by atoms with Crippen molar-refractivity contribution in [3.63, 3.8) is 0 Å². The van der Waals surface area contributed by atoms with Crippen LogP contribution >= 0.6 is 0 Å². The van der Waals surface area contributed by atoms with Gasteiger partial charge in [-0.3, -0.25) is 4.79 Å². The maximum atomic E-state index is 11.3. The molecule has 0 aliphatic carbocycles. The van der Waals surface area contributed by atoms with Gasteiger partial charge in [-0.15, -0.1) is 0 Å². The van der Waals surface area contributed by atoms with Crippen LogP contribution in [0.25, 0.3) is 0 Å². The third kappa shape index (κ3) is 7.73. The quantitative estimate of drug-likeness (QED) is 0.427. The molecule has 1 saturated heterocycles. The van der Waals surface area contributed by atoms with Crippen molar-refractivity contribution in [2.45, 2.75) is 96.5 Å². The molecule has 0 spiro atoms. The number of carbonyl (C=O) groups excluding carboxylic acids is 1. The number of hydrogen-bond donors (Lipinski definition) is 0. The van der Waals surface area contributed by atoms with Gasteiger partial charge in [0.25, 0.3) is 0 Å². The molecule has 18 heavy (non-hydrogen) atoms. The molecule has 0 aromatic carbocycles. The van der Waals surface area contributed by atoms with Crippen molar-refractivity contribution in [1.29, 1.82) is 0 Å². The molecular weight excluding hydrogens is 224 g/mol. The zero-order valence-corrected chi connectivity index (χ0v) is 12.1. The summed E-state index contributed by atoms with van der Waals surface area (Å²) < 4.78 is 5.43. The van der Waals surface area contributed by atoms with Gasteiger partial charge in [-0.1, -0.05) is 51.9 Å². The highest BCUT2D eigenvalue weighted by Crippen LogP contribution is 2.19. The zero-order valence-electron chi connectivity index (χ0n) is 12.1. The number of ether oxygens (including phenoxy) is 1. The lowest BCUT2D eigenvalue weighted by Gasteiger charge is -2.14. The van der Waals surface area contributed by atoms with E-state index < -0.39 is 0 Å². The molecule has 0 unspecified atom stereocenters. The van der Waals surface area contributed by atoms with Crippen molar-refractivity contribution in [1.82, 2.24) is 0 Å². The van der Waals surface area contributed by atoms with Crippen LogP contribution in [0.4, 0.5) is 0 Å². The molecule has 1 heterocycles. The highest BCUT2D eigenvalue weighted by molar-refractivity contribution is 5.69. The van der Waals surface area contributed by atoms with E-state index >= 15 is 0 Å².